The van der Waals surface area contributed by atoms with Crippen LogP contribution in [-0.4, -0.2) is 11.4 Å². The van der Waals surface area contributed by atoms with Crippen LogP contribution in [0.2, 0.25) is 0 Å². The Kier molecular flexibility index (Phi) is 2.06. The first-order valence-electron chi connectivity index (χ1n) is 3.41. The third-order valence-corrected chi connectivity index (χ3v) is 1.59. The molecule has 0 bridgehead atoms. The largest absolute Gasteiger partial charge is 0.378 e. The van der Waals surface area contributed by atoms with Crippen LogP contribution < -0.4 is 0 Å². The molecule has 2 heteroatoms. The molecule has 1 aromatic rings. The SMILES string of the molecule is CC(O)(C=O)c1ccccc1. The second kappa shape index (κ2) is 2.84. The average Bonchev–Trinajstić information content (AvgIpc) is 2.06. The summed E-state index contributed by atoms with van der Waals surface area (Å²) in [5, 5.41) is 9.43. The van der Waals surface area contributed by atoms with Gasteiger partial charge in [-0.3, -0.25) is 4.79 Å². The smallest absolute Gasteiger partial charge is 0.155 e. The molecule has 0 saturated carbocycles. The Hall–Kier alpha value is -1.15. The van der Waals surface area contributed by atoms with Gasteiger partial charge in [-0.2, -0.15) is 0 Å². The molecule has 0 aromatic heterocycles. The lowest BCUT2D eigenvalue weighted by atomic mass is 9.98. The van der Waals surface area contributed by atoms with Crippen molar-refractivity contribution >= 4 is 6.29 Å². The van der Waals surface area contributed by atoms with Gasteiger partial charge >= 0.3 is 0 Å². The summed E-state index contributed by atoms with van der Waals surface area (Å²) < 4.78 is 0. The molecule has 0 aliphatic carbocycles. The van der Waals surface area contributed by atoms with E-state index in [0.29, 0.717) is 11.8 Å². The van der Waals surface area contributed by atoms with Crippen LogP contribution in [0.4, 0.5) is 0 Å². The fourth-order valence-corrected chi connectivity index (χ4v) is 0.844. The molecule has 1 N–H and O–H groups in total. The Morgan fingerprint density at radius 1 is 1.36 bits per heavy atom. The third-order valence-electron chi connectivity index (χ3n) is 1.59. The van der Waals surface area contributed by atoms with Crippen LogP contribution in [0.5, 0.6) is 0 Å². The molecular formula is C9H10O2. The first-order valence-corrected chi connectivity index (χ1v) is 3.41. The summed E-state index contributed by atoms with van der Waals surface area (Å²) in [5.41, 5.74) is -0.726. The van der Waals surface area contributed by atoms with Crippen LogP contribution in [0.25, 0.3) is 0 Å². The number of carbonyl (C=O) groups is 1. The van der Waals surface area contributed by atoms with Crippen LogP contribution in [0.3, 0.4) is 0 Å². The van der Waals surface area contributed by atoms with Crippen molar-refractivity contribution in [3.8, 4) is 0 Å². The summed E-state index contributed by atoms with van der Waals surface area (Å²) >= 11 is 0. The number of aldehydes is 1. The topological polar surface area (TPSA) is 37.3 Å². The number of aliphatic hydroxyl groups is 1. The molecule has 1 aromatic carbocycles. The van der Waals surface area contributed by atoms with Gasteiger partial charge in [0.1, 0.15) is 5.60 Å². The fourth-order valence-electron chi connectivity index (χ4n) is 0.844. The van der Waals surface area contributed by atoms with Crippen molar-refractivity contribution in [3.05, 3.63) is 35.9 Å². The average molecular weight is 150 g/mol. The highest BCUT2D eigenvalue weighted by atomic mass is 16.3. The van der Waals surface area contributed by atoms with Gasteiger partial charge in [-0.1, -0.05) is 30.3 Å². The van der Waals surface area contributed by atoms with Crippen molar-refractivity contribution in [2.45, 2.75) is 12.5 Å². The number of benzene rings is 1. The van der Waals surface area contributed by atoms with E-state index in [4.69, 9.17) is 0 Å². The zero-order valence-electron chi connectivity index (χ0n) is 6.32. The Morgan fingerprint density at radius 3 is 2.36 bits per heavy atom. The van der Waals surface area contributed by atoms with E-state index in [9.17, 15) is 9.90 Å². The van der Waals surface area contributed by atoms with E-state index in [-0.39, 0.29) is 0 Å². The third kappa shape index (κ3) is 1.65. The predicted molar refractivity (Wildman–Crippen MR) is 42.1 cm³/mol. The maximum atomic E-state index is 10.4. The summed E-state index contributed by atoms with van der Waals surface area (Å²) in [4.78, 5) is 10.4. The van der Waals surface area contributed by atoms with Crippen molar-refractivity contribution in [1.82, 2.24) is 0 Å². The summed E-state index contributed by atoms with van der Waals surface area (Å²) in [6.07, 6.45) is 0.530. The summed E-state index contributed by atoms with van der Waals surface area (Å²) in [7, 11) is 0. The zero-order valence-corrected chi connectivity index (χ0v) is 6.32. The van der Waals surface area contributed by atoms with E-state index in [0.717, 1.165) is 0 Å². The van der Waals surface area contributed by atoms with Gasteiger partial charge < -0.3 is 5.11 Å². The van der Waals surface area contributed by atoms with Crippen LogP contribution in [0.15, 0.2) is 30.3 Å². The molecular weight excluding hydrogens is 140 g/mol. The van der Waals surface area contributed by atoms with E-state index in [1.54, 1.807) is 24.3 Å². The van der Waals surface area contributed by atoms with E-state index in [1.165, 1.54) is 6.92 Å². The van der Waals surface area contributed by atoms with Gasteiger partial charge in [0.25, 0.3) is 0 Å². The van der Waals surface area contributed by atoms with Crippen molar-refractivity contribution in [2.75, 3.05) is 0 Å². The summed E-state index contributed by atoms with van der Waals surface area (Å²) in [6.45, 7) is 1.47. The van der Waals surface area contributed by atoms with Crippen LogP contribution in [-0.2, 0) is 10.4 Å². The second-order valence-electron chi connectivity index (χ2n) is 2.63. The first kappa shape index (κ1) is 7.95. The minimum Gasteiger partial charge on any atom is -0.378 e. The highest BCUT2D eigenvalue weighted by Crippen LogP contribution is 2.16. The number of carbonyl (C=O) groups excluding carboxylic acids is 1. The first-order chi connectivity index (χ1) is 5.17. The van der Waals surface area contributed by atoms with Gasteiger partial charge in [0.2, 0.25) is 0 Å². The molecule has 11 heavy (non-hydrogen) atoms. The van der Waals surface area contributed by atoms with E-state index in [1.807, 2.05) is 6.07 Å². The molecule has 1 unspecified atom stereocenters. The van der Waals surface area contributed by atoms with E-state index in [2.05, 4.69) is 0 Å². The molecule has 0 aliphatic heterocycles. The number of hydrogen-bond acceptors (Lipinski definition) is 2. The zero-order chi connectivity index (χ0) is 8.32. The Labute approximate surface area is 65.5 Å². The second-order valence-corrected chi connectivity index (χ2v) is 2.63. The van der Waals surface area contributed by atoms with Crippen molar-refractivity contribution in [2.24, 2.45) is 0 Å². The van der Waals surface area contributed by atoms with Crippen molar-refractivity contribution in [1.29, 1.82) is 0 Å². The molecule has 58 valence electrons. The summed E-state index contributed by atoms with van der Waals surface area (Å²) in [6, 6.07) is 8.84. The van der Waals surface area contributed by atoms with Gasteiger partial charge in [0.05, 0.1) is 0 Å². The molecule has 0 aliphatic rings. The molecule has 0 amide bonds. The standard InChI is InChI=1S/C9H10O2/c1-9(11,7-10)8-5-3-2-4-6-8/h2-7,11H,1H3. The molecule has 2 nitrogen and oxygen atoms in total. The molecule has 0 radical (unpaired) electrons. The molecule has 0 spiro atoms. The van der Waals surface area contributed by atoms with Crippen molar-refractivity contribution in [3.63, 3.8) is 0 Å². The lowest BCUT2D eigenvalue weighted by Gasteiger charge is -2.14. The highest BCUT2D eigenvalue weighted by molar-refractivity contribution is 5.64. The van der Waals surface area contributed by atoms with Crippen LogP contribution >= 0.6 is 0 Å². The predicted octanol–water partition coefficient (Wildman–Crippen LogP) is 1.09. The Balaban J connectivity index is 3.02. The monoisotopic (exact) mass is 150 g/mol. The lowest BCUT2D eigenvalue weighted by molar-refractivity contribution is -0.123. The van der Waals surface area contributed by atoms with Crippen molar-refractivity contribution < 1.29 is 9.90 Å². The summed E-state index contributed by atoms with van der Waals surface area (Å²) in [5.74, 6) is 0. The minimum atomic E-state index is -1.35. The van der Waals surface area contributed by atoms with Gasteiger partial charge in [0.15, 0.2) is 6.29 Å². The maximum Gasteiger partial charge on any atom is 0.155 e. The van der Waals surface area contributed by atoms with E-state index < -0.39 is 5.60 Å². The molecule has 0 fully saturated rings. The quantitative estimate of drug-likeness (QED) is 0.641. The number of hydrogen-bond donors (Lipinski definition) is 1. The minimum absolute atomic E-state index is 0.530. The van der Waals surface area contributed by atoms with Gasteiger partial charge in [0, 0.05) is 0 Å². The van der Waals surface area contributed by atoms with Crippen LogP contribution in [0, 0.1) is 0 Å². The van der Waals surface area contributed by atoms with Crippen LogP contribution in [0.1, 0.15) is 12.5 Å². The molecule has 0 heterocycles. The fraction of sp³-hybridized carbons (Fsp3) is 0.222. The molecule has 1 rings (SSSR count). The maximum absolute atomic E-state index is 10.4. The van der Waals surface area contributed by atoms with Gasteiger partial charge in [-0.15, -0.1) is 0 Å². The highest BCUT2D eigenvalue weighted by Gasteiger charge is 2.20. The van der Waals surface area contributed by atoms with Gasteiger partial charge in [-0.05, 0) is 12.5 Å². The Morgan fingerprint density at radius 2 is 1.91 bits per heavy atom. The molecule has 1 atom stereocenters. The normalized spacial score (nSPS) is 15.5. The van der Waals surface area contributed by atoms with Gasteiger partial charge in [-0.25, -0.2) is 0 Å². The Bertz CT molecular complexity index is 239. The number of rotatable bonds is 2. The molecule has 0 saturated heterocycles. The van der Waals surface area contributed by atoms with E-state index >= 15 is 0 Å². The lowest BCUT2D eigenvalue weighted by Crippen LogP contribution is -2.22.